The minimum absolute atomic E-state index is 0.177. The second-order valence-corrected chi connectivity index (χ2v) is 4.00. The highest BCUT2D eigenvalue weighted by atomic mass is 19.1. The summed E-state index contributed by atoms with van der Waals surface area (Å²) in [6.07, 6.45) is 0. The van der Waals surface area contributed by atoms with Gasteiger partial charge in [0.1, 0.15) is 11.3 Å². The quantitative estimate of drug-likeness (QED) is 0.729. The molecular weight excluding hydrogens is 203 g/mol. The molecule has 0 atom stereocenters. The van der Waals surface area contributed by atoms with Crippen LogP contribution in [0.1, 0.15) is 31.0 Å². The van der Waals surface area contributed by atoms with E-state index in [1.807, 2.05) is 13.8 Å². The zero-order valence-corrected chi connectivity index (χ0v) is 9.16. The Morgan fingerprint density at radius 2 is 2.12 bits per heavy atom. The average molecular weight is 214 g/mol. The summed E-state index contributed by atoms with van der Waals surface area (Å²) in [6.45, 7) is 3.94. The minimum atomic E-state index is -0.378. The fraction of sp³-hybridized carbons (Fsp3) is 0.231. The summed E-state index contributed by atoms with van der Waals surface area (Å²) in [5, 5.41) is 9.61. The summed E-state index contributed by atoms with van der Waals surface area (Å²) in [4.78, 5) is 4.26. The van der Waals surface area contributed by atoms with Gasteiger partial charge in [-0.3, -0.25) is 0 Å². The summed E-state index contributed by atoms with van der Waals surface area (Å²) in [5.74, 6) is -0.201. The van der Waals surface area contributed by atoms with Crippen LogP contribution in [0.2, 0.25) is 0 Å². The highest BCUT2D eigenvalue weighted by Crippen LogP contribution is 2.23. The van der Waals surface area contributed by atoms with Gasteiger partial charge in [0, 0.05) is 11.1 Å². The van der Waals surface area contributed by atoms with Crippen LogP contribution in [0.5, 0.6) is 0 Å². The van der Waals surface area contributed by atoms with Crippen molar-refractivity contribution in [2.45, 2.75) is 19.8 Å². The molecule has 0 amide bonds. The molecule has 0 aliphatic carbocycles. The lowest BCUT2D eigenvalue weighted by molar-refractivity contribution is 0.635. The molecular formula is C13H11FN2. The van der Waals surface area contributed by atoms with Gasteiger partial charge in [0.15, 0.2) is 0 Å². The summed E-state index contributed by atoms with van der Waals surface area (Å²) in [6, 6.07) is 8.48. The van der Waals surface area contributed by atoms with E-state index in [9.17, 15) is 4.39 Å². The topological polar surface area (TPSA) is 36.7 Å². The van der Waals surface area contributed by atoms with Crippen LogP contribution >= 0.6 is 0 Å². The molecule has 16 heavy (non-hydrogen) atoms. The Balaban J connectivity index is 2.86. The number of nitriles is 1. The van der Waals surface area contributed by atoms with Crippen LogP contribution < -0.4 is 0 Å². The van der Waals surface area contributed by atoms with Gasteiger partial charge in [0.25, 0.3) is 0 Å². The molecule has 1 aromatic carbocycles. The van der Waals surface area contributed by atoms with Crippen molar-refractivity contribution in [1.29, 1.82) is 5.26 Å². The summed E-state index contributed by atoms with van der Waals surface area (Å²) in [5.41, 5.74) is 1.51. The van der Waals surface area contributed by atoms with Crippen LogP contribution in [-0.4, -0.2) is 4.98 Å². The van der Waals surface area contributed by atoms with Gasteiger partial charge in [-0.1, -0.05) is 26.0 Å². The highest BCUT2D eigenvalue weighted by Gasteiger charge is 2.10. The Bertz CT molecular complexity index is 582. The molecule has 2 rings (SSSR count). The third-order valence-electron chi connectivity index (χ3n) is 2.52. The summed E-state index contributed by atoms with van der Waals surface area (Å²) >= 11 is 0. The van der Waals surface area contributed by atoms with E-state index in [4.69, 9.17) is 5.26 Å². The number of nitrogens with zero attached hydrogens (tertiary/aromatic N) is 2. The van der Waals surface area contributed by atoms with Crippen LogP contribution in [0.15, 0.2) is 24.3 Å². The molecule has 0 bridgehead atoms. The van der Waals surface area contributed by atoms with E-state index < -0.39 is 0 Å². The molecule has 0 radical (unpaired) electrons. The van der Waals surface area contributed by atoms with Gasteiger partial charge in [-0.05, 0) is 18.1 Å². The molecule has 0 aliphatic rings. The number of para-hydroxylation sites is 1. The van der Waals surface area contributed by atoms with Crippen LogP contribution in [0.3, 0.4) is 0 Å². The van der Waals surface area contributed by atoms with Crippen molar-refractivity contribution in [2.24, 2.45) is 0 Å². The van der Waals surface area contributed by atoms with E-state index in [0.717, 1.165) is 5.69 Å². The molecule has 0 fully saturated rings. The molecule has 0 spiro atoms. The molecule has 1 aromatic heterocycles. The third-order valence-corrected chi connectivity index (χ3v) is 2.52. The SMILES string of the molecule is CC(C)c1cc(C#N)c2cccc(F)c2n1. The molecule has 0 N–H and O–H groups in total. The first kappa shape index (κ1) is 10.6. The zero-order chi connectivity index (χ0) is 11.7. The van der Waals surface area contributed by atoms with Crippen LogP contribution in [0, 0.1) is 17.1 Å². The molecule has 3 heteroatoms. The number of pyridine rings is 1. The van der Waals surface area contributed by atoms with E-state index in [2.05, 4.69) is 11.1 Å². The normalized spacial score (nSPS) is 10.7. The second-order valence-electron chi connectivity index (χ2n) is 4.00. The largest absolute Gasteiger partial charge is 0.249 e. The number of hydrogen-bond acceptors (Lipinski definition) is 2. The third kappa shape index (κ3) is 1.63. The number of benzene rings is 1. The second kappa shape index (κ2) is 3.90. The smallest absolute Gasteiger partial charge is 0.149 e. The van der Waals surface area contributed by atoms with Gasteiger partial charge in [-0.15, -0.1) is 0 Å². The first-order chi connectivity index (χ1) is 7.63. The zero-order valence-electron chi connectivity index (χ0n) is 9.16. The number of fused-ring (bicyclic) bond motifs is 1. The van der Waals surface area contributed by atoms with E-state index in [1.54, 1.807) is 18.2 Å². The van der Waals surface area contributed by atoms with E-state index in [1.165, 1.54) is 6.07 Å². The van der Waals surface area contributed by atoms with E-state index >= 15 is 0 Å². The Kier molecular flexibility index (Phi) is 2.57. The maximum Gasteiger partial charge on any atom is 0.149 e. The maximum atomic E-state index is 13.6. The van der Waals surface area contributed by atoms with Crippen molar-refractivity contribution in [3.05, 3.63) is 41.3 Å². The van der Waals surface area contributed by atoms with E-state index in [0.29, 0.717) is 10.9 Å². The Morgan fingerprint density at radius 3 is 2.75 bits per heavy atom. The predicted molar refractivity (Wildman–Crippen MR) is 60.5 cm³/mol. The van der Waals surface area contributed by atoms with Crippen molar-refractivity contribution >= 4 is 10.9 Å². The molecule has 0 unspecified atom stereocenters. The summed E-state index contributed by atoms with van der Waals surface area (Å²) < 4.78 is 13.6. The fourth-order valence-electron chi connectivity index (χ4n) is 1.62. The Morgan fingerprint density at radius 1 is 1.38 bits per heavy atom. The van der Waals surface area contributed by atoms with Gasteiger partial charge in [0.05, 0.1) is 11.6 Å². The van der Waals surface area contributed by atoms with Gasteiger partial charge in [0.2, 0.25) is 0 Å². The first-order valence-electron chi connectivity index (χ1n) is 5.12. The van der Waals surface area contributed by atoms with Gasteiger partial charge >= 0.3 is 0 Å². The van der Waals surface area contributed by atoms with Gasteiger partial charge in [-0.2, -0.15) is 5.26 Å². The number of rotatable bonds is 1. The Hall–Kier alpha value is -1.95. The van der Waals surface area contributed by atoms with Gasteiger partial charge in [-0.25, -0.2) is 9.37 Å². The standard InChI is InChI=1S/C13H11FN2/c1-8(2)12-6-9(7-15)10-4-3-5-11(14)13(10)16-12/h3-6,8H,1-2H3. The maximum absolute atomic E-state index is 13.6. The fourth-order valence-corrected chi connectivity index (χ4v) is 1.62. The number of aromatic nitrogens is 1. The van der Waals surface area contributed by atoms with Crippen molar-refractivity contribution in [1.82, 2.24) is 4.98 Å². The molecule has 80 valence electrons. The van der Waals surface area contributed by atoms with Crippen molar-refractivity contribution in [2.75, 3.05) is 0 Å². The van der Waals surface area contributed by atoms with Crippen molar-refractivity contribution in [3.63, 3.8) is 0 Å². The number of halogens is 1. The highest BCUT2D eigenvalue weighted by molar-refractivity contribution is 5.85. The van der Waals surface area contributed by atoms with Crippen molar-refractivity contribution in [3.8, 4) is 6.07 Å². The minimum Gasteiger partial charge on any atom is -0.249 e. The lowest BCUT2D eigenvalue weighted by atomic mass is 10.0. The molecule has 2 aromatic rings. The van der Waals surface area contributed by atoms with Crippen LogP contribution in [0.25, 0.3) is 10.9 Å². The van der Waals surface area contributed by atoms with Gasteiger partial charge < -0.3 is 0 Å². The average Bonchev–Trinajstić information content (AvgIpc) is 2.28. The molecule has 2 nitrogen and oxygen atoms in total. The summed E-state index contributed by atoms with van der Waals surface area (Å²) in [7, 11) is 0. The monoisotopic (exact) mass is 214 g/mol. The molecule has 0 saturated carbocycles. The molecule has 0 saturated heterocycles. The molecule has 1 heterocycles. The van der Waals surface area contributed by atoms with Crippen LogP contribution in [-0.2, 0) is 0 Å². The number of hydrogen-bond donors (Lipinski definition) is 0. The first-order valence-corrected chi connectivity index (χ1v) is 5.12. The van der Waals surface area contributed by atoms with Crippen molar-refractivity contribution < 1.29 is 4.39 Å². The predicted octanol–water partition coefficient (Wildman–Crippen LogP) is 3.37. The van der Waals surface area contributed by atoms with E-state index in [-0.39, 0.29) is 17.3 Å². The lowest BCUT2D eigenvalue weighted by Crippen LogP contribution is -1.97. The Labute approximate surface area is 93.4 Å². The molecule has 0 aliphatic heterocycles. The lowest BCUT2D eigenvalue weighted by Gasteiger charge is -2.08. The van der Waals surface area contributed by atoms with Crippen LogP contribution in [0.4, 0.5) is 4.39 Å².